The lowest BCUT2D eigenvalue weighted by molar-refractivity contribution is -0.384. The summed E-state index contributed by atoms with van der Waals surface area (Å²) >= 11 is 4.60. The molecule has 1 aromatic heterocycles. The zero-order chi connectivity index (χ0) is 10.0. The predicted octanol–water partition coefficient (Wildman–Crippen LogP) is -0.340. The molecule has 0 aliphatic heterocycles. The minimum Gasteiger partial charge on any atom is -0.392 e. The van der Waals surface area contributed by atoms with E-state index in [0.717, 1.165) is 6.20 Å². The fourth-order valence-corrected chi connectivity index (χ4v) is 0.922. The lowest BCUT2D eigenvalue weighted by atomic mass is 10.5. The van der Waals surface area contributed by atoms with Gasteiger partial charge in [-0.15, -0.1) is 0 Å². The van der Waals surface area contributed by atoms with Crippen LogP contribution < -0.4 is 11.5 Å². The second-order valence-electron chi connectivity index (χ2n) is 2.30. The van der Waals surface area contributed by atoms with E-state index in [9.17, 15) is 10.1 Å². The zero-order valence-electron chi connectivity index (χ0n) is 6.51. The molecule has 0 atom stereocenters. The maximum atomic E-state index is 10.3. The normalized spacial score (nSPS) is 9.85. The molecule has 0 bridgehead atoms. The number of rotatable bonds is 3. The van der Waals surface area contributed by atoms with Crippen LogP contribution in [0.15, 0.2) is 6.20 Å². The van der Waals surface area contributed by atoms with Crippen LogP contribution in [0.3, 0.4) is 0 Å². The maximum Gasteiger partial charge on any atom is 0.330 e. The second kappa shape index (κ2) is 3.35. The molecule has 0 aromatic carbocycles. The Morgan fingerprint density at radius 3 is 2.85 bits per heavy atom. The van der Waals surface area contributed by atoms with Gasteiger partial charge in [0.1, 0.15) is 6.20 Å². The lowest BCUT2D eigenvalue weighted by Crippen LogP contribution is -2.18. The quantitative estimate of drug-likeness (QED) is 0.393. The third-order valence-electron chi connectivity index (χ3n) is 1.36. The SMILES string of the molecule is NC(=S)Cn1ncc([N+](=O)[O-])c1N. The van der Waals surface area contributed by atoms with E-state index in [1.54, 1.807) is 0 Å². The van der Waals surface area contributed by atoms with E-state index in [-0.39, 0.29) is 23.0 Å². The molecule has 0 aliphatic carbocycles. The molecule has 1 rings (SSSR count). The molecule has 1 aromatic rings. The molecule has 4 N–H and O–H groups in total. The van der Waals surface area contributed by atoms with Gasteiger partial charge >= 0.3 is 5.69 Å². The molecule has 0 saturated heterocycles. The number of nitro groups is 1. The van der Waals surface area contributed by atoms with Crippen molar-refractivity contribution < 1.29 is 4.92 Å². The van der Waals surface area contributed by atoms with Crippen molar-refractivity contribution in [1.29, 1.82) is 0 Å². The molecule has 0 saturated carbocycles. The van der Waals surface area contributed by atoms with Gasteiger partial charge in [-0.25, -0.2) is 4.68 Å². The van der Waals surface area contributed by atoms with Crippen molar-refractivity contribution in [2.45, 2.75) is 6.54 Å². The van der Waals surface area contributed by atoms with Crippen molar-refractivity contribution in [3.05, 3.63) is 16.3 Å². The van der Waals surface area contributed by atoms with Gasteiger partial charge in [-0.2, -0.15) is 5.10 Å². The Labute approximate surface area is 78.5 Å². The van der Waals surface area contributed by atoms with E-state index in [0.29, 0.717) is 0 Å². The van der Waals surface area contributed by atoms with Crippen LogP contribution in [0.1, 0.15) is 0 Å². The summed E-state index contributed by atoms with van der Waals surface area (Å²) in [5, 5.41) is 14.0. The first-order valence-electron chi connectivity index (χ1n) is 3.26. The van der Waals surface area contributed by atoms with Crippen molar-refractivity contribution in [2.24, 2.45) is 5.73 Å². The van der Waals surface area contributed by atoms with Crippen molar-refractivity contribution in [2.75, 3.05) is 5.73 Å². The Kier molecular flexibility index (Phi) is 2.42. The summed E-state index contributed by atoms with van der Waals surface area (Å²) in [6.07, 6.45) is 1.06. The van der Waals surface area contributed by atoms with E-state index >= 15 is 0 Å². The number of nitrogen functional groups attached to an aromatic ring is 1. The molecule has 13 heavy (non-hydrogen) atoms. The van der Waals surface area contributed by atoms with Gasteiger partial charge in [0, 0.05) is 0 Å². The molecule has 70 valence electrons. The average molecular weight is 201 g/mol. The summed E-state index contributed by atoms with van der Waals surface area (Å²) in [6.45, 7) is 0.106. The monoisotopic (exact) mass is 201 g/mol. The topological polar surface area (TPSA) is 113 Å². The standard InChI is InChI=1S/C5H7N5O2S/c6-4(13)2-9-5(7)3(1-8-9)10(11)12/h1H,2,7H2,(H2,6,13). The van der Waals surface area contributed by atoms with E-state index in [2.05, 4.69) is 17.3 Å². The molecule has 1 heterocycles. The molecular formula is C5H7N5O2S. The van der Waals surface area contributed by atoms with Crippen molar-refractivity contribution in [1.82, 2.24) is 9.78 Å². The van der Waals surface area contributed by atoms with Gasteiger partial charge in [-0.05, 0) is 0 Å². The van der Waals surface area contributed by atoms with E-state index < -0.39 is 4.92 Å². The first-order valence-corrected chi connectivity index (χ1v) is 3.67. The largest absolute Gasteiger partial charge is 0.392 e. The third kappa shape index (κ3) is 1.90. The summed E-state index contributed by atoms with van der Waals surface area (Å²) in [7, 11) is 0. The fraction of sp³-hybridized carbons (Fsp3) is 0.200. The van der Waals surface area contributed by atoms with Crippen molar-refractivity contribution in [3.63, 3.8) is 0 Å². The Hall–Kier alpha value is -1.70. The number of anilines is 1. The molecule has 0 unspecified atom stereocenters. The number of hydrogen-bond acceptors (Lipinski definition) is 5. The number of aromatic nitrogens is 2. The van der Waals surface area contributed by atoms with Gasteiger partial charge < -0.3 is 11.5 Å². The summed E-state index contributed by atoms with van der Waals surface area (Å²) in [5.74, 6) is -0.0437. The van der Waals surface area contributed by atoms with Crippen molar-refractivity contribution >= 4 is 28.7 Å². The molecule has 0 fully saturated rings. The van der Waals surface area contributed by atoms with Gasteiger partial charge in [0.15, 0.2) is 0 Å². The highest BCUT2D eigenvalue weighted by Gasteiger charge is 2.17. The van der Waals surface area contributed by atoms with Crippen LogP contribution in [0.25, 0.3) is 0 Å². The number of thiocarbonyl (C=S) groups is 1. The van der Waals surface area contributed by atoms with Crippen LogP contribution in [0.5, 0.6) is 0 Å². The van der Waals surface area contributed by atoms with E-state index in [1.165, 1.54) is 4.68 Å². The van der Waals surface area contributed by atoms with Crippen LogP contribution in [-0.2, 0) is 6.54 Å². The molecule has 0 spiro atoms. The molecule has 8 heteroatoms. The first-order chi connectivity index (χ1) is 6.02. The Morgan fingerprint density at radius 1 is 1.85 bits per heavy atom. The smallest absolute Gasteiger partial charge is 0.330 e. The Morgan fingerprint density at radius 2 is 2.46 bits per heavy atom. The van der Waals surface area contributed by atoms with Gasteiger partial charge in [0.25, 0.3) is 0 Å². The average Bonchev–Trinajstić information content (AvgIpc) is 2.32. The Balaban J connectivity index is 2.99. The minimum atomic E-state index is -0.613. The second-order valence-corrected chi connectivity index (χ2v) is 2.82. The molecule has 0 amide bonds. The van der Waals surface area contributed by atoms with Gasteiger partial charge in [-0.3, -0.25) is 10.1 Å². The number of nitrogens with two attached hydrogens (primary N) is 2. The third-order valence-corrected chi connectivity index (χ3v) is 1.49. The van der Waals surface area contributed by atoms with Gasteiger partial charge in [-0.1, -0.05) is 12.2 Å². The molecule has 0 radical (unpaired) electrons. The molecule has 7 nitrogen and oxygen atoms in total. The van der Waals surface area contributed by atoms with Crippen LogP contribution in [0.4, 0.5) is 11.5 Å². The van der Waals surface area contributed by atoms with Crippen LogP contribution in [0.2, 0.25) is 0 Å². The number of nitrogens with zero attached hydrogens (tertiary/aromatic N) is 3. The highest BCUT2D eigenvalue weighted by atomic mass is 32.1. The van der Waals surface area contributed by atoms with Gasteiger partial charge in [0.2, 0.25) is 5.82 Å². The van der Waals surface area contributed by atoms with Crippen LogP contribution >= 0.6 is 12.2 Å². The van der Waals surface area contributed by atoms with Crippen molar-refractivity contribution in [3.8, 4) is 0 Å². The zero-order valence-corrected chi connectivity index (χ0v) is 7.32. The molecular weight excluding hydrogens is 194 g/mol. The van der Waals surface area contributed by atoms with E-state index in [1.807, 2.05) is 0 Å². The maximum absolute atomic E-state index is 10.3. The summed E-state index contributed by atoms with van der Waals surface area (Å²) in [4.78, 5) is 9.89. The van der Waals surface area contributed by atoms with Crippen LogP contribution in [-0.4, -0.2) is 19.7 Å². The Bertz CT molecular complexity index is 360. The predicted molar refractivity (Wildman–Crippen MR) is 50.1 cm³/mol. The number of hydrogen-bond donors (Lipinski definition) is 2. The van der Waals surface area contributed by atoms with E-state index in [4.69, 9.17) is 11.5 Å². The summed E-state index contributed by atoms with van der Waals surface area (Å²) in [6, 6.07) is 0. The molecule has 0 aliphatic rings. The fourth-order valence-electron chi connectivity index (χ4n) is 0.799. The summed E-state index contributed by atoms with van der Waals surface area (Å²) in [5.41, 5.74) is 10.4. The van der Waals surface area contributed by atoms with Crippen LogP contribution in [0, 0.1) is 10.1 Å². The van der Waals surface area contributed by atoms with Gasteiger partial charge in [0.05, 0.1) is 16.5 Å². The minimum absolute atomic E-state index is 0.0437. The lowest BCUT2D eigenvalue weighted by Gasteiger charge is -1.99. The highest BCUT2D eigenvalue weighted by molar-refractivity contribution is 7.80. The first kappa shape index (κ1) is 9.39. The highest BCUT2D eigenvalue weighted by Crippen LogP contribution is 2.19. The summed E-state index contributed by atoms with van der Waals surface area (Å²) < 4.78 is 1.18.